The fourth-order valence-corrected chi connectivity index (χ4v) is 3.42. The average Bonchev–Trinajstić information content (AvgIpc) is 3.10. The molecule has 0 saturated heterocycles. The number of halogens is 1. The van der Waals surface area contributed by atoms with E-state index in [1.54, 1.807) is 18.3 Å². The minimum absolute atomic E-state index is 0.139. The lowest BCUT2D eigenvalue weighted by Crippen LogP contribution is -2.18. The van der Waals surface area contributed by atoms with E-state index >= 15 is 0 Å². The predicted octanol–water partition coefficient (Wildman–Crippen LogP) is 3.71. The van der Waals surface area contributed by atoms with Crippen LogP contribution in [0.1, 0.15) is 18.1 Å². The first-order valence-electron chi connectivity index (χ1n) is 7.92. The van der Waals surface area contributed by atoms with E-state index in [4.69, 9.17) is 0 Å². The summed E-state index contributed by atoms with van der Waals surface area (Å²) >= 11 is 3.27. The monoisotopic (exact) mass is 432 g/mol. The number of rotatable bonds is 6. The summed E-state index contributed by atoms with van der Waals surface area (Å²) < 4.78 is 25.3. The molecule has 1 aromatic heterocycles. The Morgan fingerprint density at radius 1 is 1.15 bits per heavy atom. The van der Waals surface area contributed by atoms with Crippen LogP contribution in [0.25, 0.3) is 11.3 Å². The maximum Gasteiger partial charge on any atom is 0.276 e. The molecule has 2 N–H and O–H groups in total. The SMILES string of the molecule is CCc1ccc(-c2[nH]ncc2/C=N\NS(=O)(=O)c2ccc(Br)cc2)cc1. The molecule has 0 spiro atoms. The van der Waals surface area contributed by atoms with Crippen LogP contribution in [-0.4, -0.2) is 24.8 Å². The third kappa shape index (κ3) is 4.20. The molecule has 0 unspecified atom stereocenters. The van der Waals surface area contributed by atoms with Crippen LogP contribution in [0.4, 0.5) is 0 Å². The summed E-state index contributed by atoms with van der Waals surface area (Å²) in [6, 6.07) is 14.4. The lowest BCUT2D eigenvalue weighted by molar-refractivity contribution is 0.584. The van der Waals surface area contributed by atoms with Crippen LogP contribution in [0.3, 0.4) is 0 Å². The molecular formula is C18H17BrN4O2S. The van der Waals surface area contributed by atoms with E-state index in [0.29, 0.717) is 5.56 Å². The highest BCUT2D eigenvalue weighted by atomic mass is 79.9. The maximum atomic E-state index is 12.2. The molecular weight excluding hydrogens is 416 g/mol. The van der Waals surface area contributed by atoms with Crippen molar-refractivity contribution >= 4 is 32.2 Å². The smallest absolute Gasteiger partial charge is 0.276 e. The molecule has 0 amide bonds. The Labute approximate surface area is 160 Å². The number of aromatic amines is 1. The Hall–Kier alpha value is -2.45. The summed E-state index contributed by atoms with van der Waals surface area (Å²) in [5, 5.41) is 10.8. The largest absolute Gasteiger partial charge is 0.277 e. The molecule has 1 heterocycles. The Kier molecular flexibility index (Phi) is 5.53. The Balaban J connectivity index is 1.77. The van der Waals surface area contributed by atoms with E-state index in [0.717, 1.165) is 22.2 Å². The van der Waals surface area contributed by atoms with Gasteiger partial charge in [0.1, 0.15) is 0 Å². The van der Waals surface area contributed by atoms with Crippen LogP contribution in [0.2, 0.25) is 0 Å². The molecule has 0 saturated carbocycles. The molecule has 0 bridgehead atoms. The zero-order chi connectivity index (χ0) is 18.6. The van der Waals surface area contributed by atoms with E-state index in [9.17, 15) is 8.42 Å². The highest BCUT2D eigenvalue weighted by molar-refractivity contribution is 9.10. The van der Waals surface area contributed by atoms with E-state index in [1.165, 1.54) is 23.9 Å². The number of hydrogen-bond acceptors (Lipinski definition) is 4. The third-order valence-electron chi connectivity index (χ3n) is 3.82. The normalized spacial score (nSPS) is 11.8. The third-order valence-corrected chi connectivity index (χ3v) is 5.59. The minimum atomic E-state index is -3.72. The summed E-state index contributed by atoms with van der Waals surface area (Å²) in [4.78, 5) is 2.35. The summed E-state index contributed by atoms with van der Waals surface area (Å²) in [5.41, 5.74) is 3.66. The second-order valence-corrected chi connectivity index (χ2v) is 8.13. The van der Waals surface area contributed by atoms with E-state index in [2.05, 4.69) is 43.0 Å². The first kappa shape index (κ1) is 18.3. The topological polar surface area (TPSA) is 87.2 Å². The van der Waals surface area contributed by atoms with Gasteiger partial charge < -0.3 is 0 Å². The number of nitrogens with one attached hydrogen (secondary N) is 2. The summed E-state index contributed by atoms with van der Waals surface area (Å²) in [7, 11) is -3.72. The lowest BCUT2D eigenvalue weighted by Gasteiger charge is -2.04. The van der Waals surface area contributed by atoms with Crippen molar-refractivity contribution in [3.8, 4) is 11.3 Å². The molecule has 26 heavy (non-hydrogen) atoms. The zero-order valence-electron chi connectivity index (χ0n) is 14.0. The van der Waals surface area contributed by atoms with E-state index < -0.39 is 10.0 Å². The molecule has 3 rings (SSSR count). The zero-order valence-corrected chi connectivity index (χ0v) is 16.4. The number of sulfonamides is 1. The van der Waals surface area contributed by atoms with Gasteiger partial charge in [0.2, 0.25) is 0 Å². The Morgan fingerprint density at radius 3 is 2.50 bits per heavy atom. The van der Waals surface area contributed by atoms with Gasteiger partial charge in [-0.25, -0.2) is 4.83 Å². The van der Waals surface area contributed by atoms with Gasteiger partial charge in [0.05, 0.1) is 23.0 Å². The number of benzene rings is 2. The first-order valence-corrected chi connectivity index (χ1v) is 10.2. The summed E-state index contributed by atoms with van der Waals surface area (Å²) in [6.07, 6.45) is 4.00. The van der Waals surface area contributed by atoms with Crippen molar-refractivity contribution in [3.05, 3.63) is 70.3 Å². The fourth-order valence-electron chi connectivity index (χ4n) is 2.36. The standard InChI is InChI=1S/C18H17BrN4O2S/c1-2-13-3-5-14(6-4-13)18-15(11-20-22-18)12-21-23-26(24,25)17-9-7-16(19)8-10-17/h3-12,23H,2H2,1H3,(H,20,22)/b21-12-. The second kappa shape index (κ2) is 7.84. The average molecular weight is 433 g/mol. The molecule has 3 aromatic rings. The molecule has 0 fully saturated rings. The molecule has 134 valence electrons. The highest BCUT2D eigenvalue weighted by Crippen LogP contribution is 2.20. The quantitative estimate of drug-likeness (QED) is 0.459. The Morgan fingerprint density at radius 2 is 1.85 bits per heavy atom. The van der Waals surface area contributed by atoms with Crippen molar-refractivity contribution < 1.29 is 8.42 Å². The number of hydrogen-bond donors (Lipinski definition) is 2. The van der Waals surface area contributed by atoms with Crippen LogP contribution in [0.5, 0.6) is 0 Å². The van der Waals surface area contributed by atoms with Gasteiger partial charge in [-0.2, -0.15) is 18.6 Å². The van der Waals surface area contributed by atoms with Crippen molar-refractivity contribution in [2.45, 2.75) is 18.2 Å². The van der Waals surface area contributed by atoms with Crippen LogP contribution in [-0.2, 0) is 16.4 Å². The minimum Gasteiger partial charge on any atom is -0.277 e. The van der Waals surface area contributed by atoms with Crippen molar-refractivity contribution in [2.75, 3.05) is 0 Å². The van der Waals surface area contributed by atoms with E-state index in [1.807, 2.05) is 24.3 Å². The van der Waals surface area contributed by atoms with Crippen LogP contribution in [0, 0.1) is 0 Å². The summed E-state index contributed by atoms with van der Waals surface area (Å²) in [6.45, 7) is 2.10. The van der Waals surface area contributed by atoms with Gasteiger partial charge in [0.25, 0.3) is 10.0 Å². The molecule has 8 heteroatoms. The first-order chi connectivity index (χ1) is 12.5. The number of H-pyrrole nitrogens is 1. The van der Waals surface area contributed by atoms with Crippen molar-refractivity contribution in [2.24, 2.45) is 5.10 Å². The van der Waals surface area contributed by atoms with Crippen molar-refractivity contribution in [3.63, 3.8) is 0 Å². The molecule has 0 aliphatic rings. The van der Waals surface area contributed by atoms with Gasteiger partial charge in [-0.3, -0.25) is 5.10 Å². The van der Waals surface area contributed by atoms with Crippen molar-refractivity contribution in [1.29, 1.82) is 0 Å². The van der Waals surface area contributed by atoms with Gasteiger partial charge >= 0.3 is 0 Å². The molecule has 0 radical (unpaired) electrons. The van der Waals surface area contributed by atoms with Gasteiger partial charge in [0, 0.05) is 15.6 Å². The maximum absolute atomic E-state index is 12.2. The fraction of sp³-hybridized carbons (Fsp3) is 0.111. The molecule has 0 aliphatic heterocycles. The second-order valence-electron chi connectivity index (χ2n) is 5.56. The van der Waals surface area contributed by atoms with E-state index in [-0.39, 0.29) is 4.90 Å². The molecule has 0 aliphatic carbocycles. The number of hydrazone groups is 1. The number of aryl methyl sites for hydroxylation is 1. The van der Waals surface area contributed by atoms with Crippen LogP contribution in [0.15, 0.2) is 69.2 Å². The Bertz CT molecular complexity index is 1010. The molecule has 2 aromatic carbocycles. The van der Waals surface area contributed by atoms with Gasteiger partial charge in [0.15, 0.2) is 0 Å². The predicted molar refractivity (Wildman–Crippen MR) is 105 cm³/mol. The number of aromatic nitrogens is 2. The molecule has 0 atom stereocenters. The van der Waals surface area contributed by atoms with Gasteiger partial charge in [-0.15, -0.1) is 0 Å². The summed E-state index contributed by atoms with van der Waals surface area (Å²) in [5.74, 6) is 0. The molecule has 6 nitrogen and oxygen atoms in total. The van der Waals surface area contributed by atoms with Crippen LogP contribution >= 0.6 is 15.9 Å². The lowest BCUT2D eigenvalue weighted by atomic mass is 10.1. The highest BCUT2D eigenvalue weighted by Gasteiger charge is 2.12. The van der Waals surface area contributed by atoms with Gasteiger partial charge in [-0.05, 0) is 36.2 Å². The van der Waals surface area contributed by atoms with Gasteiger partial charge in [-0.1, -0.05) is 47.1 Å². The van der Waals surface area contributed by atoms with Crippen LogP contribution < -0.4 is 4.83 Å². The van der Waals surface area contributed by atoms with Crippen molar-refractivity contribution in [1.82, 2.24) is 15.0 Å². The number of nitrogens with zero attached hydrogens (tertiary/aromatic N) is 2.